The third kappa shape index (κ3) is 6.15. The van der Waals surface area contributed by atoms with Gasteiger partial charge in [-0.1, -0.05) is 6.92 Å². The van der Waals surface area contributed by atoms with Crippen LogP contribution in [0.25, 0.3) is 0 Å². The molecule has 0 rings (SSSR count). The lowest BCUT2D eigenvalue weighted by atomic mass is 10.3. The molecule has 3 nitrogen and oxygen atoms in total. The standard InChI is InChI=1S/C8H20FNO2Si/c1-4-8(10-9)7-13(11-5-2)12-6-3/h8,10,13H,4-7H2,1-3H3. The molecule has 1 unspecified atom stereocenters. The third-order valence-electron chi connectivity index (χ3n) is 1.83. The Morgan fingerprint density at radius 3 is 2.08 bits per heavy atom. The van der Waals surface area contributed by atoms with Gasteiger partial charge < -0.3 is 8.85 Å². The number of hydrogen-bond acceptors (Lipinski definition) is 3. The lowest BCUT2D eigenvalue weighted by molar-refractivity contribution is 0.198. The number of nitrogens with one attached hydrogen (secondary N) is 1. The first kappa shape index (κ1) is 13.0. The summed E-state index contributed by atoms with van der Waals surface area (Å²) < 4.78 is 23.0. The summed E-state index contributed by atoms with van der Waals surface area (Å²) in [5, 5.41) is 0. The number of rotatable bonds is 8. The second-order valence-electron chi connectivity index (χ2n) is 2.79. The van der Waals surface area contributed by atoms with Crippen molar-refractivity contribution in [3.05, 3.63) is 0 Å². The van der Waals surface area contributed by atoms with Gasteiger partial charge in [0.25, 0.3) is 0 Å². The molecule has 0 saturated carbocycles. The van der Waals surface area contributed by atoms with Crippen LogP contribution in [0.4, 0.5) is 4.48 Å². The van der Waals surface area contributed by atoms with Crippen LogP contribution in [0.5, 0.6) is 0 Å². The molecule has 0 aliphatic heterocycles. The lowest BCUT2D eigenvalue weighted by Crippen LogP contribution is -2.32. The smallest absolute Gasteiger partial charge is 0.323 e. The van der Waals surface area contributed by atoms with Crippen LogP contribution in [0.2, 0.25) is 6.04 Å². The van der Waals surface area contributed by atoms with E-state index in [1.807, 2.05) is 20.8 Å². The molecular weight excluding hydrogens is 189 g/mol. The van der Waals surface area contributed by atoms with E-state index < -0.39 is 9.28 Å². The molecule has 5 heteroatoms. The fraction of sp³-hybridized carbons (Fsp3) is 1.00. The molecule has 0 saturated heterocycles. The summed E-state index contributed by atoms with van der Waals surface area (Å²) >= 11 is 0. The zero-order valence-electron chi connectivity index (χ0n) is 8.68. The van der Waals surface area contributed by atoms with Crippen molar-refractivity contribution in [3.63, 3.8) is 0 Å². The van der Waals surface area contributed by atoms with Gasteiger partial charge >= 0.3 is 9.28 Å². The molecule has 0 spiro atoms. The van der Waals surface area contributed by atoms with E-state index in [0.717, 1.165) is 6.42 Å². The van der Waals surface area contributed by atoms with Crippen molar-refractivity contribution in [3.8, 4) is 0 Å². The normalized spacial score (nSPS) is 13.6. The Morgan fingerprint density at radius 2 is 1.77 bits per heavy atom. The number of halogens is 1. The second kappa shape index (κ2) is 8.62. The SMILES string of the molecule is CCO[SiH](CC(CC)NF)OCC. The molecular formula is C8H20FNO2Si. The molecule has 1 N–H and O–H groups in total. The van der Waals surface area contributed by atoms with E-state index in [1.54, 1.807) is 5.54 Å². The summed E-state index contributed by atoms with van der Waals surface area (Å²) in [5.74, 6) is 0. The van der Waals surface area contributed by atoms with E-state index in [4.69, 9.17) is 8.85 Å². The Morgan fingerprint density at radius 1 is 1.23 bits per heavy atom. The van der Waals surface area contributed by atoms with E-state index in [2.05, 4.69) is 0 Å². The van der Waals surface area contributed by atoms with Gasteiger partial charge in [0.15, 0.2) is 0 Å². The van der Waals surface area contributed by atoms with Crippen molar-refractivity contribution in [1.29, 1.82) is 0 Å². The van der Waals surface area contributed by atoms with E-state index in [1.165, 1.54) is 0 Å². The van der Waals surface area contributed by atoms with Gasteiger partial charge in [-0.05, 0) is 20.3 Å². The van der Waals surface area contributed by atoms with Gasteiger partial charge in [0, 0.05) is 25.3 Å². The third-order valence-corrected chi connectivity index (χ3v) is 4.19. The van der Waals surface area contributed by atoms with Crippen LogP contribution < -0.4 is 5.54 Å². The van der Waals surface area contributed by atoms with Crippen LogP contribution in [0.1, 0.15) is 27.2 Å². The molecule has 0 amide bonds. The lowest BCUT2D eigenvalue weighted by Gasteiger charge is -2.18. The van der Waals surface area contributed by atoms with Gasteiger partial charge in [-0.25, -0.2) is 0 Å². The zero-order valence-corrected chi connectivity index (χ0v) is 9.83. The molecule has 0 radical (unpaired) electrons. The summed E-state index contributed by atoms with van der Waals surface area (Å²) in [6.07, 6.45) is 0.764. The maximum absolute atomic E-state index is 12.2. The predicted octanol–water partition coefficient (Wildman–Crippen LogP) is 1.53. The highest BCUT2D eigenvalue weighted by Crippen LogP contribution is 2.05. The van der Waals surface area contributed by atoms with Gasteiger partial charge in [0.1, 0.15) is 0 Å². The van der Waals surface area contributed by atoms with E-state index >= 15 is 0 Å². The maximum atomic E-state index is 12.2. The molecule has 0 aromatic carbocycles. The predicted molar refractivity (Wildman–Crippen MR) is 53.5 cm³/mol. The Labute approximate surface area is 81.4 Å². The van der Waals surface area contributed by atoms with Crippen LogP contribution in [-0.4, -0.2) is 28.5 Å². The molecule has 0 bridgehead atoms. The van der Waals surface area contributed by atoms with Gasteiger partial charge in [-0.3, -0.25) is 0 Å². The Balaban J connectivity index is 3.76. The summed E-state index contributed by atoms with van der Waals surface area (Å²) in [5.41, 5.74) is 1.77. The monoisotopic (exact) mass is 209 g/mol. The quantitative estimate of drug-likeness (QED) is 0.486. The summed E-state index contributed by atoms with van der Waals surface area (Å²) in [7, 11) is -1.63. The van der Waals surface area contributed by atoms with Crippen molar-refractivity contribution in [2.45, 2.75) is 39.3 Å². The van der Waals surface area contributed by atoms with Crippen molar-refractivity contribution in [1.82, 2.24) is 5.54 Å². The average Bonchev–Trinajstić information content (AvgIpc) is 2.14. The topological polar surface area (TPSA) is 30.5 Å². The van der Waals surface area contributed by atoms with Crippen molar-refractivity contribution in [2.75, 3.05) is 13.2 Å². The van der Waals surface area contributed by atoms with Crippen LogP contribution in [0, 0.1) is 0 Å². The van der Waals surface area contributed by atoms with Crippen LogP contribution >= 0.6 is 0 Å². The molecule has 0 aliphatic rings. The first-order valence-electron chi connectivity index (χ1n) is 4.87. The minimum atomic E-state index is -1.63. The molecule has 0 fully saturated rings. The van der Waals surface area contributed by atoms with Gasteiger partial charge in [-0.2, -0.15) is 5.54 Å². The van der Waals surface area contributed by atoms with Crippen LogP contribution in [0.3, 0.4) is 0 Å². The molecule has 80 valence electrons. The van der Waals surface area contributed by atoms with E-state index in [0.29, 0.717) is 19.3 Å². The van der Waals surface area contributed by atoms with Crippen molar-refractivity contribution in [2.24, 2.45) is 0 Å². The van der Waals surface area contributed by atoms with Gasteiger partial charge in [0.05, 0.1) is 0 Å². The zero-order chi connectivity index (χ0) is 10.1. The summed E-state index contributed by atoms with van der Waals surface area (Å²) in [4.78, 5) is 0. The molecule has 13 heavy (non-hydrogen) atoms. The summed E-state index contributed by atoms with van der Waals surface area (Å²) in [6.45, 7) is 7.12. The van der Waals surface area contributed by atoms with E-state index in [9.17, 15) is 4.48 Å². The minimum Gasteiger partial charge on any atom is -0.397 e. The maximum Gasteiger partial charge on any atom is 0.323 e. The molecule has 0 aromatic rings. The molecule has 0 aromatic heterocycles. The highest BCUT2D eigenvalue weighted by Gasteiger charge is 2.18. The van der Waals surface area contributed by atoms with Crippen LogP contribution in [-0.2, 0) is 8.85 Å². The van der Waals surface area contributed by atoms with Crippen LogP contribution in [0.15, 0.2) is 0 Å². The summed E-state index contributed by atoms with van der Waals surface area (Å²) in [6, 6.07) is 0.573. The van der Waals surface area contributed by atoms with Gasteiger partial charge in [0.2, 0.25) is 0 Å². The fourth-order valence-electron chi connectivity index (χ4n) is 1.08. The Bertz CT molecular complexity index is 108. The highest BCUT2D eigenvalue weighted by atomic mass is 28.3. The first-order valence-corrected chi connectivity index (χ1v) is 6.63. The largest absolute Gasteiger partial charge is 0.397 e. The number of hydrogen-bond donors (Lipinski definition) is 1. The molecule has 0 aliphatic carbocycles. The van der Waals surface area contributed by atoms with Crippen molar-refractivity contribution < 1.29 is 13.3 Å². The van der Waals surface area contributed by atoms with E-state index in [-0.39, 0.29) is 6.04 Å². The van der Waals surface area contributed by atoms with Gasteiger partial charge in [-0.15, -0.1) is 4.48 Å². The second-order valence-corrected chi connectivity index (χ2v) is 4.79. The molecule has 0 heterocycles. The highest BCUT2D eigenvalue weighted by molar-refractivity contribution is 6.44. The Kier molecular flexibility index (Phi) is 8.64. The molecule has 1 atom stereocenters. The minimum absolute atomic E-state index is 0.116. The fourth-order valence-corrected chi connectivity index (χ4v) is 3.08. The Hall–Kier alpha value is 0.0269. The first-order chi connectivity index (χ1) is 6.28. The average molecular weight is 209 g/mol. The van der Waals surface area contributed by atoms with Crippen molar-refractivity contribution >= 4 is 9.28 Å².